The molecule has 0 aliphatic heterocycles. The molecule has 164 valence electrons. The van der Waals surface area contributed by atoms with Gasteiger partial charge in [0, 0.05) is 29.0 Å². The van der Waals surface area contributed by atoms with Crippen LogP contribution in [0.15, 0.2) is 60.2 Å². The highest BCUT2D eigenvalue weighted by Crippen LogP contribution is 2.34. The summed E-state index contributed by atoms with van der Waals surface area (Å²) in [6.07, 6.45) is 3.84. The third-order valence-corrected chi connectivity index (χ3v) is 5.41. The third kappa shape index (κ3) is 5.89. The van der Waals surface area contributed by atoms with Crippen molar-refractivity contribution in [2.45, 2.75) is 26.3 Å². The zero-order valence-corrected chi connectivity index (χ0v) is 18.7. The molecule has 2 aromatic heterocycles. The van der Waals surface area contributed by atoms with Crippen molar-refractivity contribution in [1.82, 2.24) is 15.3 Å². The Hall–Kier alpha value is -3.77. The number of hydrogen-bond donors (Lipinski definition) is 2. The van der Waals surface area contributed by atoms with E-state index in [1.807, 2.05) is 30.9 Å². The van der Waals surface area contributed by atoms with Gasteiger partial charge in [0.25, 0.3) is 5.91 Å². The number of thiazole rings is 1. The highest BCUT2D eigenvalue weighted by Gasteiger charge is 2.30. The van der Waals surface area contributed by atoms with Gasteiger partial charge in [-0.2, -0.15) is 5.26 Å². The van der Waals surface area contributed by atoms with Crippen LogP contribution < -0.4 is 15.5 Å². The monoisotopic (exact) mass is 448 g/mol. The van der Waals surface area contributed by atoms with Crippen LogP contribution in [0.4, 0.5) is 16.6 Å². The quantitative estimate of drug-likeness (QED) is 0.479. The predicted octanol–water partition coefficient (Wildman–Crippen LogP) is 3.98. The van der Waals surface area contributed by atoms with E-state index in [0.29, 0.717) is 22.9 Å². The van der Waals surface area contributed by atoms with Crippen molar-refractivity contribution in [2.75, 3.05) is 16.8 Å². The Morgan fingerprint density at radius 3 is 2.53 bits per heavy atom. The van der Waals surface area contributed by atoms with Crippen LogP contribution in [0.25, 0.3) is 0 Å². The van der Waals surface area contributed by atoms with Gasteiger partial charge in [-0.15, -0.1) is 11.3 Å². The lowest BCUT2D eigenvalue weighted by Gasteiger charge is -2.31. The van der Waals surface area contributed by atoms with Crippen LogP contribution in [0.3, 0.4) is 0 Å². The van der Waals surface area contributed by atoms with Crippen LogP contribution >= 0.6 is 11.3 Å². The van der Waals surface area contributed by atoms with Gasteiger partial charge in [-0.25, -0.2) is 4.98 Å². The molecule has 9 heteroatoms. The van der Waals surface area contributed by atoms with Gasteiger partial charge in [-0.3, -0.25) is 14.6 Å². The van der Waals surface area contributed by atoms with Crippen molar-refractivity contribution in [3.63, 3.8) is 0 Å². The van der Waals surface area contributed by atoms with Gasteiger partial charge in [-0.05, 0) is 36.6 Å². The fourth-order valence-electron chi connectivity index (χ4n) is 3.16. The molecule has 8 nitrogen and oxygen atoms in total. The zero-order valence-electron chi connectivity index (χ0n) is 17.9. The van der Waals surface area contributed by atoms with Crippen molar-refractivity contribution in [2.24, 2.45) is 5.92 Å². The molecule has 0 unspecified atom stereocenters. The van der Waals surface area contributed by atoms with Crippen LogP contribution in [0.2, 0.25) is 0 Å². The van der Waals surface area contributed by atoms with Gasteiger partial charge in [0.2, 0.25) is 5.91 Å². The predicted molar refractivity (Wildman–Crippen MR) is 125 cm³/mol. The normalized spacial score (nSPS) is 11.4. The summed E-state index contributed by atoms with van der Waals surface area (Å²) in [6, 6.07) is 13.8. The molecule has 3 aromatic rings. The second-order valence-electron chi connectivity index (χ2n) is 7.43. The zero-order chi connectivity index (χ0) is 22.9. The summed E-state index contributed by atoms with van der Waals surface area (Å²) in [4.78, 5) is 36.0. The summed E-state index contributed by atoms with van der Waals surface area (Å²) in [5.41, 5.74) is 1.27. The first-order chi connectivity index (χ1) is 15.5. The molecule has 0 bridgehead atoms. The molecule has 0 aliphatic rings. The van der Waals surface area contributed by atoms with Gasteiger partial charge in [0.05, 0.1) is 6.07 Å². The van der Waals surface area contributed by atoms with E-state index in [2.05, 4.69) is 20.6 Å². The Morgan fingerprint density at radius 2 is 1.88 bits per heavy atom. The van der Waals surface area contributed by atoms with E-state index in [9.17, 15) is 9.59 Å². The lowest BCUT2D eigenvalue weighted by atomic mass is 10.0. The maximum Gasteiger partial charge on any atom is 0.256 e. The number of aromatic nitrogens is 2. The van der Waals surface area contributed by atoms with Crippen LogP contribution in [-0.2, 0) is 4.79 Å². The molecule has 1 atom stereocenters. The van der Waals surface area contributed by atoms with E-state index in [1.165, 1.54) is 11.3 Å². The Bertz CT molecular complexity index is 1080. The minimum absolute atomic E-state index is 0.0755. The summed E-state index contributed by atoms with van der Waals surface area (Å²) >= 11 is 1.32. The number of benzene rings is 1. The molecule has 0 saturated carbocycles. The standard InChI is InChI=1S/C23H24N6O2S/c1-16(2)14-19(22(31)26-13-10-24)29(18-8-11-25-12-9-18)23-28-20(15-32-23)27-21(30)17-6-4-3-5-7-17/h3-9,11-12,15-16,19H,13-14H2,1-2H3,(H,26,31)(H,27,30)/t19-/m0/s1. The molecule has 2 amide bonds. The molecule has 3 rings (SSSR count). The van der Waals surface area contributed by atoms with Gasteiger partial charge < -0.3 is 15.5 Å². The molecule has 2 N–H and O–H groups in total. The molecule has 0 aliphatic carbocycles. The largest absolute Gasteiger partial charge is 0.341 e. The molecular weight excluding hydrogens is 424 g/mol. The number of nitrogens with one attached hydrogen (secondary N) is 2. The average molecular weight is 449 g/mol. The van der Waals surface area contributed by atoms with Crippen molar-refractivity contribution < 1.29 is 9.59 Å². The summed E-state index contributed by atoms with van der Waals surface area (Å²) in [5.74, 6) is 0.0959. The molecule has 0 radical (unpaired) electrons. The van der Waals surface area contributed by atoms with E-state index < -0.39 is 6.04 Å². The fourth-order valence-corrected chi connectivity index (χ4v) is 3.99. The van der Waals surface area contributed by atoms with Crippen molar-refractivity contribution in [3.8, 4) is 6.07 Å². The maximum absolute atomic E-state index is 13.0. The lowest BCUT2D eigenvalue weighted by Crippen LogP contribution is -2.46. The Morgan fingerprint density at radius 1 is 1.16 bits per heavy atom. The van der Waals surface area contributed by atoms with Crippen LogP contribution in [0, 0.1) is 17.2 Å². The number of nitrogens with zero attached hydrogens (tertiary/aromatic N) is 4. The van der Waals surface area contributed by atoms with Crippen molar-refractivity contribution in [1.29, 1.82) is 5.26 Å². The Labute approximate surface area is 190 Å². The van der Waals surface area contributed by atoms with E-state index >= 15 is 0 Å². The van der Waals surface area contributed by atoms with Gasteiger partial charge in [0.1, 0.15) is 18.4 Å². The molecular formula is C23H24N6O2S. The third-order valence-electron chi connectivity index (χ3n) is 4.57. The smallest absolute Gasteiger partial charge is 0.256 e. The van der Waals surface area contributed by atoms with Gasteiger partial charge >= 0.3 is 0 Å². The number of rotatable bonds is 9. The summed E-state index contributed by atoms with van der Waals surface area (Å²) in [7, 11) is 0. The topological polar surface area (TPSA) is 111 Å². The summed E-state index contributed by atoms with van der Waals surface area (Å²) < 4.78 is 0. The second-order valence-corrected chi connectivity index (χ2v) is 8.27. The highest BCUT2D eigenvalue weighted by molar-refractivity contribution is 7.14. The Kier molecular flexibility index (Phi) is 7.89. The van der Waals surface area contributed by atoms with Crippen LogP contribution in [-0.4, -0.2) is 34.4 Å². The van der Waals surface area contributed by atoms with Crippen LogP contribution in [0.1, 0.15) is 30.6 Å². The van der Waals surface area contributed by atoms with E-state index in [0.717, 1.165) is 5.69 Å². The van der Waals surface area contributed by atoms with E-state index in [1.54, 1.807) is 54.2 Å². The fraction of sp³-hybridized carbons (Fsp3) is 0.261. The second kappa shape index (κ2) is 11.0. The number of anilines is 3. The molecule has 0 fully saturated rings. The molecule has 1 aromatic carbocycles. The summed E-state index contributed by atoms with van der Waals surface area (Å²) in [6.45, 7) is 3.99. The molecule has 0 spiro atoms. The molecule has 2 heterocycles. The first-order valence-electron chi connectivity index (χ1n) is 10.2. The SMILES string of the molecule is CC(C)C[C@@H](C(=O)NCC#N)N(c1ccncc1)c1nc(NC(=O)c2ccccc2)cs1. The average Bonchev–Trinajstić information content (AvgIpc) is 3.26. The Balaban J connectivity index is 1.93. The van der Waals surface area contributed by atoms with Crippen LogP contribution in [0.5, 0.6) is 0 Å². The number of nitriles is 1. The van der Waals surface area contributed by atoms with Gasteiger partial charge in [0.15, 0.2) is 5.13 Å². The lowest BCUT2D eigenvalue weighted by molar-refractivity contribution is -0.122. The molecule has 32 heavy (non-hydrogen) atoms. The number of amides is 2. The summed E-state index contributed by atoms with van der Waals surface area (Å²) in [5, 5.41) is 16.7. The maximum atomic E-state index is 13.0. The van der Waals surface area contributed by atoms with Crippen molar-refractivity contribution >= 4 is 39.8 Å². The first-order valence-corrected chi connectivity index (χ1v) is 11.0. The number of carbonyl (C=O) groups excluding carboxylic acids is 2. The number of pyridine rings is 1. The first kappa shape index (κ1) is 22.9. The molecule has 0 saturated heterocycles. The minimum atomic E-state index is -0.588. The van der Waals surface area contributed by atoms with Crippen molar-refractivity contribution in [3.05, 3.63) is 65.8 Å². The minimum Gasteiger partial charge on any atom is -0.341 e. The van der Waals surface area contributed by atoms with E-state index in [4.69, 9.17) is 5.26 Å². The van der Waals surface area contributed by atoms with E-state index in [-0.39, 0.29) is 24.3 Å². The highest BCUT2D eigenvalue weighted by atomic mass is 32.1. The number of hydrogen-bond acceptors (Lipinski definition) is 7. The number of carbonyl (C=O) groups is 2. The van der Waals surface area contributed by atoms with Gasteiger partial charge in [-0.1, -0.05) is 32.0 Å².